The van der Waals surface area contributed by atoms with Gasteiger partial charge in [0.15, 0.2) is 0 Å². The lowest BCUT2D eigenvalue weighted by Gasteiger charge is -2.11. The molecule has 0 fully saturated rings. The lowest BCUT2D eigenvalue weighted by Crippen LogP contribution is -2.23. The van der Waals surface area contributed by atoms with Crippen LogP contribution in [0.3, 0.4) is 0 Å². The summed E-state index contributed by atoms with van der Waals surface area (Å²) in [4.78, 5) is 25.0. The SMILES string of the molecule is COc1ccc(Cl)cc1NC(=O)c1cccc(C(=O)NCc2ccccc2)c1. The van der Waals surface area contributed by atoms with Crippen molar-refractivity contribution < 1.29 is 14.3 Å². The van der Waals surface area contributed by atoms with Crippen molar-refractivity contribution in [1.29, 1.82) is 0 Å². The Morgan fingerprint density at radius 3 is 2.32 bits per heavy atom. The van der Waals surface area contributed by atoms with E-state index in [1.54, 1.807) is 42.5 Å². The average molecular weight is 395 g/mol. The number of amides is 2. The number of benzene rings is 3. The van der Waals surface area contributed by atoms with Crippen molar-refractivity contribution in [3.05, 3.63) is 94.5 Å². The number of anilines is 1. The highest BCUT2D eigenvalue weighted by Crippen LogP contribution is 2.28. The molecule has 0 unspecified atom stereocenters. The van der Waals surface area contributed by atoms with Gasteiger partial charge in [0, 0.05) is 22.7 Å². The summed E-state index contributed by atoms with van der Waals surface area (Å²) in [7, 11) is 1.51. The number of halogens is 1. The molecule has 0 aliphatic rings. The molecule has 3 rings (SSSR count). The summed E-state index contributed by atoms with van der Waals surface area (Å²) in [6.07, 6.45) is 0. The third-order valence-corrected chi connectivity index (χ3v) is 4.33. The zero-order valence-corrected chi connectivity index (χ0v) is 16.0. The molecule has 28 heavy (non-hydrogen) atoms. The second-order valence-corrected chi connectivity index (χ2v) is 6.48. The van der Waals surface area contributed by atoms with Gasteiger partial charge in [-0.05, 0) is 42.0 Å². The van der Waals surface area contributed by atoms with E-state index in [4.69, 9.17) is 16.3 Å². The van der Waals surface area contributed by atoms with Crippen molar-refractivity contribution in [2.75, 3.05) is 12.4 Å². The van der Waals surface area contributed by atoms with E-state index in [1.165, 1.54) is 7.11 Å². The quantitative estimate of drug-likeness (QED) is 0.645. The summed E-state index contributed by atoms with van der Waals surface area (Å²) >= 11 is 6.00. The van der Waals surface area contributed by atoms with Gasteiger partial charge in [-0.1, -0.05) is 48.0 Å². The third kappa shape index (κ3) is 4.90. The van der Waals surface area contributed by atoms with E-state index in [0.717, 1.165) is 5.56 Å². The molecule has 3 aromatic rings. The maximum absolute atomic E-state index is 12.6. The second kappa shape index (κ2) is 9.06. The predicted molar refractivity (Wildman–Crippen MR) is 110 cm³/mol. The van der Waals surface area contributed by atoms with Gasteiger partial charge < -0.3 is 15.4 Å². The fourth-order valence-electron chi connectivity index (χ4n) is 2.65. The predicted octanol–water partition coefficient (Wildman–Crippen LogP) is 4.53. The van der Waals surface area contributed by atoms with Gasteiger partial charge in [0.1, 0.15) is 5.75 Å². The van der Waals surface area contributed by atoms with Crippen molar-refractivity contribution in [3.8, 4) is 5.75 Å². The second-order valence-electron chi connectivity index (χ2n) is 6.05. The van der Waals surface area contributed by atoms with Crippen molar-refractivity contribution >= 4 is 29.1 Å². The molecular formula is C22H19ClN2O3. The first-order valence-electron chi connectivity index (χ1n) is 8.64. The molecule has 0 saturated carbocycles. The first kappa shape index (κ1) is 19.5. The maximum Gasteiger partial charge on any atom is 0.255 e. The fourth-order valence-corrected chi connectivity index (χ4v) is 2.83. The van der Waals surface area contributed by atoms with E-state index in [0.29, 0.717) is 34.1 Å². The van der Waals surface area contributed by atoms with Crippen LogP contribution in [0, 0.1) is 0 Å². The summed E-state index contributed by atoms with van der Waals surface area (Å²) in [6, 6.07) is 21.1. The monoisotopic (exact) mass is 394 g/mol. The molecule has 0 spiro atoms. The van der Waals surface area contributed by atoms with Gasteiger partial charge >= 0.3 is 0 Å². The number of methoxy groups -OCH3 is 1. The van der Waals surface area contributed by atoms with Crippen molar-refractivity contribution in [1.82, 2.24) is 5.32 Å². The molecule has 0 radical (unpaired) electrons. The highest BCUT2D eigenvalue weighted by atomic mass is 35.5. The Balaban J connectivity index is 1.71. The maximum atomic E-state index is 12.6. The van der Waals surface area contributed by atoms with Gasteiger partial charge in [0.25, 0.3) is 11.8 Å². The largest absolute Gasteiger partial charge is 0.495 e. The smallest absolute Gasteiger partial charge is 0.255 e. The molecule has 2 N–H and O–H groups in total. The van der Waals surface area contributed by atoms with Gasteiger partial charge in [-0.3, -0.25) is 9.59 Å². The van der Waals surface area contributed by atoms with E-state index in [1.807, 2.05) is 30.3 Å². The summed E-state index contributed by atoms with van der Waals surface area (Å²) < 4.78 is 5.24. The molecule has 2 amide bonds. The van der Waals surface area contributed by atoms with Crippen molar-refractivity contribution in [2.24, 2.45) is 0 Å². The van der Waals surface area contributed by atoms with Crippen LogP contribution >= 0.6 is 11.6 Å². The molecule has 3 aromatic carbocycles. The minimum atomic E-state index is -0.363. The molecule has 5 nitrogen and oxygen atoms in total. The van der Waals surface area contributed by atoms with E-state index in [2.05, 4.69) is 10.6 Å². The standard InChI is InChI=1S/C22H19ClN2O3/c1-28-20-11-10-18(23)13-19(20)25-22(27)17-9-5-8-16(12-17)21(26)24-14-15-6-3-2-4-7-15/h2-13H,14H2,1H3,(H,24,26)(H,25,27). The summed E-state index contributed by atoms with van der Waals surface area (Å²) in [6.45, 7) is 0.413. The molecule has 0 heterocycles. The van der Waals surface area contributed by atoms with Crippen molar-refractivity contribution in [2.45, 2.75) is 6.54 Å². The molecular weight excluding hydrogens is 376 g/mol. The molecule has 0 atom stereocenters. The molecule has 6 heteroatoms. The summed E-state index contributed by atoms with van der Waals surface area (Å²) in [5.74, 6) is -0.119. The van der Waals surface area contributed by atoms with Crippen LogP contribution < -0.4 is 15.4 Å². The first-order chi connectivity index (χ1) is 13.6. The summed E-state index contributed by atoms with van der Waals surface area (Å²) in [5, 5.41) is 6.09. The number of nitrogens with one attached hydrogen (secondary N) is 2. The first-order valence-corrected chi connectivity index (χ1v) is 9.01. The van der Waals surface area contributed by atoms with Crippen LogP contribution in [-0.4, -0.2) is 18.9 Å². The van der Waals surface area contributed by atoms with Gasteiger partial charge in [-0.15, -0.1) is 0 Å². The van der Waals surface area contributed by atoms with E-state index >= 15 is 0 Å². The Hall–Kier alpha value is -3.31. The number of carbonyl (C=O) groups excluding carboxylic acids is 2. The van der Waals surface area contributed by atoms with Crippen LogP contribution in [0.5, 0.6) is 5.75 Å². The summed E-state index contributed by atoms with van der Waals surface area (Å²) in [5.41, 5.74) is 2.22. The van der Waals surface area contributed by atoms with Gasteiger partial charge in [0.2, 0.25) is 0 Å². The average Bonchev–Trinajstić information content (AvgIpc) is 2.73. The number of carbonyl (C=O) groups is 2. The Morgan fingerprint density at radius 2 is 1.61 bits per heavy atom. The molecule has 0 saturated heterocycles. The Kier molecular flexibility index (Phi) is 6.29. The van der Waals surface area contributed by atoms with Crippen molar-refractivity contribution in [3.63, 3.8) is 0 Å². The van der Waals surface area contributed by atoms with Gasteiger partial charge in [-0.25, -0.2) is 0 Å². The van der Waals surface area contributed by atoms with Crippen LogP contribution in [0.1, 0.15) is 26.3 Å². The Morgan fingerprint density at radius 1 is 0.893 bits per heavy atom. The zero-order chi connectivity index (χ0) is 19.9. The molecule has 0 aromatic heterocycles. The van der Waals surface area contributed by atoms with E-state index in [-0.39, 0.29) is 11.8 Å². The minimum Gasteiger partial charge on any atom is -0.495 e. The van der Waals surface area contributed by atoms with E-state index < -0.39 is 0 Å². The van der Waals surface area contributed by atoms with Gasteiger partial charge in [0.05, 0.1) is 12.8 Å². The number of rotatable bonds is 6. The third-order valence-electron chi connectivity index (χ3n) is 4.09. The molecule has 0 aliphatic carbocycles. The zero-order valence-electron chi connectivity index (χ0n) is 15.2. The molecule has 0 bridgehead atoms. The topological polar surface area (TPSA) is 67.4 Å². The number of hydrogen-bond donors (Lipinski definition) is 2. The minimum absolute atomic E-state index is 0.251. The van der Waals surface area contributed by atoms with Crippen LogP contribution in [0.25, 0.3) is 0 Å². The lowest BCUT2D eigenvalue weighted by atomic mass is 10.1. The van der Waals surface area contributed by atoms with Crippen LogP contribution in [0.15, 0.2) is 72.8 Å². The highest BCUT2D eigenvalue weighted by Gasteiger charge is 2.13. The number of ether oxygens (including phenoxy) is 1. The van der Waals surface area contributed by atoms with Crippen LogP contribution in [0.2, 0.25) is 5.02 Å². The lowest BCUT2D eigenvalue weighted by molar-refractivity contribution is 0.0951. The highest BCUT2D eigenvalue weighted by molar-refractivity contribution is 6.31. The van der Waals surface area contributed by atoms with Gasteiger partial charge in [-0.2, -0.15) is 0 Å². The van der Waals surface area contributed by atoms with E-state index in [9.17, 15) is 9.59 Å². The van der Waals surface area contributed by atoms with Crippen LogP contribution in [0.4, 0.5) is 5.69 Å². The van der Waals surface area contributed by atoms with Crippen LogP contribution in [-0.2, 0) is 6.54 Å². The molecule has 0 aliphatic heterocycles. The Bertz CT molecular complexity index is 990. The normalized spacial score (nSPS) is 10.2. The Labute approximate surface area is 168 Å². The fraction of sp³-hybridized carbons (Fsp3) is 0.0909. The molecule has 142 valence electrons. The number of hydrogen-bond acceptors (Lipinski definition) is 3.